The number of hydrogen-bond donors (Lipinski definition) is 0. The molecule has 0 radical (unpaired) electrons. The van der Waals surface area contributed by atoms with Crippen molar-refractivity contribution in [2.75, 3.05) is 13.7 Å². The number of ketones is 1. The number of benzene rings is 2. The largest absolute Gasteiger partial charge is 0.573 e. The van der Waals surface area contributed by atoms with E-state index in [9.17, 15) is 22.8 Å². The van der Waals surface area contributed by atoms with Crippen LogP contribution in [0.4, 0.5) is 13.2 Å². The molecule has 0 aromatic heterocycles. The lowest BCUT2D eigenvalue weighted by Gasteiger charge is -2.10. The zero-order chi connectivity index (χ0) is 19.9. The van der Waals surface area contributed by atoms with Crippen molar-refractivity contribution in [1.29, 1.82) is 0 Å². The van der Waals surface area contributed by atoms with Gasteiger partial charge in [0, 0.05) is 11.1 Å². The second-order valence-electron chi connectivity index (χ2n) is 5.17. The third-order valence-electron chi connectivity index (χ3n) is 3.28. The van der Waals surface area contributed by atoms with Gasteiger partial charge in [0.25, 0.3) is 0 Å². The Kier molecular flexibility index (Phi) is 6.59. The fraction of sp³-hybridized carbons (Fsp3) is 0.158. The van der Waals surface area contributed by atoms with Gasteiger partial charge in [0.2, 0.25) is 0 Å². The van der Waals surface area contributed by atoms with Gasteiger partial charge < -0.3 is 14.2 Å². The number of methoxy groups -OCH3 is 1. The molecule has 0 spiro atoms. The number of allylic oxidation sites excluding steroid dienone is 1. The van der Waals surface area contributed by atoms with E-state index >= 15 is 0 Å². The maximum Gasteiger partial charge on any atom is 0.573 e. The van der Waals surface area contributed by atoms with Crippen molar-refractivity contribution in [2.24, 2.45) is 0 Å². The molecule has 0 amide bonds. The zero-order valence-electron chi connectivity index (χ0n) is 14.2. The molecule has 2 aromatic rings. The van der Waals surface area contributed by atoms with Gasteiger partial charge in [0.05, 0.1) is 7.11 Å². The molecule has 0 saturated heterocycles. The number of carbonyl (C=O) groups excluding carboxylic acids is 2. The van der Waals surface area contributed by atoms with E-state index in [2.05, 4.69) is 9.47 Å². The van der Waals surface area contributed by atoms with E-state index in [-0.39, 0.29) is 12.2 Å². The summed E-state index contributed by atoms with van der Waals surface area (Å²) in [7, 11) is 1.23. The van der Waals surface area contributed by atoms with Gasteiger partial charge in [-0.3, -0.25) is 4.79 Å². The minimum absolute atomic E-state index is 0.112. The van der Waals surface area contributed by atoms with Crippen LogP contribution in [0.5, 0.6) is 11.5 Å². The molecule has 0 N–H and O–H groups in total. The van der Waals surface area contributed by atoms with Gasteiger partial charge in [-0.15, -0.1) is 13.2 Å². The van der Waals surface area contributed by atoms with E-state index in [0.717, 1.165) is 12.1 Å². The Morgan fingerprint density at radius 2 is 1.70 bits per heavy atom. The van der Waals surface area contributed by atoms with Crippen molar-refractivity contribution in [1.82, 2.24) is 0 Å². The van der Waals surface area contributed by atoms with Gasteiger partial charge >= 0.3 is 12.3 Å². The Morgan fingerprint density at radius 1 is 1.04 bits per heavy atom. The molecule has 0 atom stereocenters. The van der Waals surface area contributed by atoms with Gasteiger partial charge in [-0.2, -0.15) is 0 Å². The molecule has 5 nitrogen and oxygen atoms in total. The monoisotopic (exact) mass is 380 g/mol. The lowest BCUT2D eigenvalue weighted by atomic mass is 10.1. The second kappa shape index (κ2) is 8.88. The van der Waals surface area contributed by atoms with Crippen molar-refractivity contribution in [3.63, 3.8) is 0 Å². The maximum atomic E-state index is 12.4. The fourth-order valence-electron chi connectivity index (χ4n) is 2.01. The first-order valence-electron chi connectivity index (χ1n) is 7.65. The lowest BCUT2D eigenvalue weighted by Crippen LogP contribution is -2.17. The second-order valence-corrected chi connectivity index (χ2v) is 5.17. The average molecular weight is 380 g/mol. The number of para-hydroxylation sites is 1. The van der Waals surface area contributed by atoms with Crippen LogP contribution < -0.4 is 9.47 Å². The summed E-state index contributed by atoms with van der Waals surface area (Å²) in [6, 6.07) is 11.4. The highest BCUT2D eigenvalue weighted by molar-refractivity contribution is 6.07. The summed E-state index contributed by atoms with van der Waals surface area (Å²) in [6.45, 7) is -0.264. The van der Waals surface area contributed by atoms with Crippen molar-refractivity contribution in [3.05, 3.63) is 65.7 Å². The Balaban J connectivity index is 2.06. The van der Waals surface area contributed by atoms with E-state index in [1.807, 2.05) is 0 Å². The minimum atomic E-state index is -4.83. The van der Waals surface area contributed by atoms with Crippen LogP contribution in [-0.4, -0.2) is 31.8 Å². The first-order valence-corrected chi connectivity index (χ1v) is 7.65. The number of ether oxygens (including phenoxy) is 3. The Labute approximate surface area is 153 Å². The molecule has 0 aliphatic heterocycles. The van der Waals surface area contributed by atoms with Crippen LogP contribution in [-0.2, 0) is 9.53 Å². The summed E-state index contributed by atoms with van der Waals surface area (Å²) in [5.41, 5.74) is 0.409. The van der Waals surface area contributed by atoms with Gasteiger partial charge in [-0.25, -0.2) is 4.79 Å². The number of halogens is 3. The predicted octanol–water partition coefficient (Wildman–Crippen LogP) is 4.03. The summed E-state index contributed by atoms with van der Waals surface area (Å²) in [5, 5.41) is 0. The van der Waals surface area contributed by atoms with Crippen molar-refractivity contribution >= 4 is 17.8 Å². The highest BCUT2D eigenvalue weighted by Gasteiger charge is 2.31. The smallest absolute Gasteiger partial charge is 0.482 e. The third-order valence-corrected chi connectivity index (χ3v) is 3.28. The van der Waals surface area contributed by atoms with Crippen LogP contribution in [0.25, 0.3) is 6.08 Å². The number of hydrogen-bond acceptors (Lipinski definition) is 5. The molecular formula is C19H15F3O5. The minimum Gasteiger partial charge on any atom is -0.482 e. The highest BCUT2D eigenvalue weighted by atomic mass is 19.4. The van der Waals surface area contributed by atoms with Gasteiger partial charge in [-0.05, 0) is 42.5 Å². The van der Waals surface area contributed by atoms with Crippen LogP contribution in [0.2, 0.25) is 0 Å². The molecule has 8 heteroatoms. The maximum absolute atomic E-state index is 12.4. The topological polar surface area (TPSA) is 61.8 Å². The van der Waals surface area contributed by atoms with E-state index in [1.165, 1.54) is 55.7 Å². The first-order chi connectivity index (χ1) is 12.8. The number of rotatable bonds is 7. The first kappa shape index (κ1) is 20.0. The van der Waals surface area contributed by atoms with Crippen LogP contribution in [0.15, 0.2) is 54.6 Å². The predicted molar refractivity (Wildman–Crippen MR) is 90.4 cm³/mol. The Bertz CT molecular complexity index is 826. The van der Waals surface area contributed by atoms with Crippen LogP contribution in [0.1, 0.15) is 15.9 Å². The van der Waals surface area contributed by atoms with E-state index in [1.54, 1.807) is 0 Å². The number of alkyl halides is 3. The van der Waals surface area contributed by atoms with Crippen molar-refractivity contribution in [2.45, 2.75) is 6.36 Å². The molecule has 0 aliphatic carbocycles. The summed E-state index contributed by atoms with van der Waals surface area (Å²) in [6.07, 6.45) is -2.44. The molecule has 27 heavy (non-hydrogen) atoms. The summed E-state index contributed by atoms with van der Waals surface area (Å²) < 4.78 is 50.7. The summed E-state index contributed by atoms with van der Waals surface area (Å²) >= 11 is 0. The zero-order valence-corrected chi connectivity index (χ0v) is 14.2. The Hall–Kier alpha value is -3.29. The van der Waals surface area contributed by atoms with Crippen molar-refractivity contribution < 1.29 is 37.0 Å². The molecule has 0 aliphatic rings. The van der Waals surface area contributed by atoms with Gasteiger partial charge in [0.15, 0.2) is 12.4 Å². The summed E-state index contributed by atoms with van der Waals surface area (Å²) in [4.78, 5) is 23.2. The molecule has 0 saturated carbocycles. The van der Waals surface area contributed by atoms with Gasteiger partial charge in [-0.1, -0.05) is 18.2 Å². The molecule has 0 heterocycles. The molecule has 2 aromatic carbocycles. The molecule has 0 bridgehead atoms. The number of esters is 1. The molecule has 2 rings (SSSR count). The quantitative estimate of drug-likeness (QED) is 0.412. The van der Waals surface area contributed by atoms with Crippen molar-refractivity contribution in [3.8, 4) is 11.5 Å². The van der Waals surface area contributed by atoms with E-state index < -0.39 is 23.9 Å². The summed E-state index contributed by atoms with van der Waals surface area (Å²) in [5.74, 6) is -1.00. The SMILES string of the molecule is COC(=O)COc1ccc(C(=O)/C=C/c2ccccc2OC(F)(F)F)cc1. The molecule has 0 fully saturated rings. The number of carbonyl (C=O) groups is 2. The van der Waals surface area contributed by atoms with E-state index in [4.69, 9.17) is 4.74 Å². The van der Waals surface area contributed by atoms with Gasteiger partial charge in [0.1, 0.15) is 11.5 Å². The van der Waals surface area contributed by atoms with Crippen LogP contribution in [0.3, 0.4) is 0 Å². The van der Waals surface area contributed by atoms with Crippen LogP contribution in [0, 0.1) is 0 Å². The fourth-order valence-corrected chi connectivity index (χ4v) is 2.01. The third kappa shape index (κ3) is 6.50. The molecule has 0 unspecified atom stereocenters. The van der Waals surface area contributed by atoms with Crippen LogP contribution >= 0.6 is 0 Å². The van der Waals surface area contributed by atoms with E-state index in [0.29, 0.717) is 11.3 Å². The highest BCUT2D eigenvalue weighted by Crippen LogP contribution is 2.27. The average Bonchev–Trinajstić information content (AvgIpc) is 2.64. The standard InChI is InChI=1S/C19H15F3O5/c1-25-18(24)12-26-15-9-6-13(7-10-15)16(23)11-8-14-4-2-3-5-17(14)27-19(20,21)22/h2-11H,12H2,1H3/b11-8+. The molecule has 142 valence electrons. The molecular weight excluding hydrogens is 365 g/mol. The normalized spacial score (nSPS) is 11.3. The Morgan fingerprint density at radius 3 is 2.33 bits per heavy atom. The lowest BCUT2D eigenvalue weighted by molar-refractivity contribution is -0.274.